The van der Waals surface area contributed by atoms with Gasteiger partial charge < -0.3 is 4.74 Å². The van der Waals surface area contributed by atoms with Crippen LogP contribution in [0.5, 0.6) is 0 Å². The fraction of sp³-hybridized carbons (Fsp3) is 0.900. The van der Waals surface area contributed by atoms with E-state index in [1.54, 1.807) is 6.47 Å². The summed E-state index contributed by atoms with van der Waals surface area (Å²) >= 11 is 0. The van der Waals surface area contributed by atoms with Crippen molar-refractivity contribution in [3.05, 3.63) is 0 Å². The Morgan fingerprint density at radius 1 is 1.33 bits per heavy atom. The molecule has 2 heteroatoms. The predicted molar refractivity (Wildman–Crippen MR) is 49.5 cm³/mol. The average Bonchev–Trinajstić information content (AvgIpc) is 2.13. The van der Waals surface area contributed by atoms with Gasteiger partial charge in [-0.25, -0.2) is 4.79 Å². The molecule has 12 heavy (non-hydrogen) atoms. The third-order valence-corrected chi connectivity index (χ3v) is 2.95. The maximum absolute atomic E-state index is 10.2. The monoisotopic (exact) mass is 171 g/mol. The van der Waals surface area contributed by atoms with Gasteiger partial charge in [0, 0.05) is 0 Å². The maximum atomic E-state index is 10.2. The third kappa shape index (κ3) is 2.23. The quantitative estimate of drug-likeness (QED) is 0.614. The molecule has 1 atom stereocenters. The van der Waals surface area contributed by atoms with E-state index >= 15 is 0 Å². The minimum Gasteiger partial charge on any atom is -0.450 e. The third-order valence-electron chi connectivity index (χ3n) is 2.95. The average molecular weight is 171 g/mol. The molecule has 0 saturated heterocycles. The highest BCUT2D eigenvalue weighted by molar-refractivity contribution is 5.39. The van der Waals surface area contributed by atoms with Gasteiger partial charge in [0.2, 0.25) is 0 Å². The Morgan fingerprint density at radius 2 is 1.83 bits per heavy atom. The lowest BCUT2D eigenvalue weighted by molar-refractivity contribution is -0.00875. The Kier molecular flexibility index (Phi) is 4.95. The van der Waals surface area contributed by atoms with Crippen molar-refractivity contribution >= 4 is 6.47 Å². The zero-order chi connectivity index (χ0) is 9.61. The molecule has 0 amide bonds. The number of hydrogen-bond donors (Lipinski definition) is 0. The molecular weight excluding hydrogens is 152 g/mol. The van der Waals surface area contributed by atoms with Gasteiger partial charge in [0.25, 0.3) is 0 Å². The molecule has 71 valence electrons. The molecule has 0 saturated carbocycles. The molecule has 0 aliphatic rings. The molecule has 0 aromatic heterocycles. The molecule has 0 aromatic rings. The molecule has 0 fully saturated rings. The van der Waals surface area contributed by atoms with E-state index in [1.165, 1.54) is 0 Å². The Hall–Kier alpha value is -0.530. The van der Waals surface area contributed by atoms with E-state index < -0.39 is 0 Å². The molecule has 0 N–H and O–H groups in total. The van der Waals surface area contributed by atoms with Crippen molar-refractivity contribution in [3.8, 4) is 0 Å². The van der Waals surface area contributed by atoms with Crippen LogP contribution >= 0.6 is 0 Å². The largest absolute Gasteiger partial charge is 0.450 e. The van der Waals surface area contributed by atoms with Crippen LogP contribution in [0.25, 0.3) is 0 Å². The lowest BCUT2D eigenvalue weighted by Gasteiger charge is -2.34. The number of rotatable bonds is 6. The maximum Gasteiger partial charge on any atom is 0.418 e. The highest BCUT2D eigenvalue weighted by Gasteiger charge is 2.33. The van der Waals surface area contributed by atoms with Gasteiger partial charge in [0.05, 0.1) is 0 Å². The first kappa shape index (κ1) is 11.5. The minimum absolute atomic E-state index is 0.281. The van der Waals surface area contributed by atoms with Crippen LogP contribution in [0.15, 0.2) is 0 Å². The van der Waals surface area contributed by atoms with Crippen molar-refractivity contribution in [2.75, 3.05) is 0 Å². The SMILES string of the molecule is CCC(C)C(CC)(CC)O[C]=O. The van der Waals surface area contributed by atoms with Crippen molar-refractivity contribution in [3.63, 3.8) is 0 Å². The molecular formula is C10H19O2. The molecule has 1 radical (unpaired) electrons. The van der Waals surface area contributed by atoms with Crippen molar-refractivity contribution in [1.82, 2.24) is 0 Å². The van der Waals surface area contributed by atoms with Crippen LogP contribution in [-0.4, -0.2) is 12.1 Å². The van der Waals surface area contributed by atoms with Crippen molar-refractivity contribution in [1.29, 1.82) is 0 Å². The van der Waals surface area contributed by atoms with E-state index in [9.17, 15) is 4.79 Å². The van der Waals surface area contributed by atoms with Crippen molar-refractivity contribution in [2.45, 2.75) is 52.6 Å². The smallest absolute Gasteiger partial charge is 0.418 e. The molecule has 0 spiro atoms. The number of carbonyl (C=O) groups excluding carboxylic acids is 1. The zero-order valence-corrected chi connectivity index (χ0v) is 8.52. The van der Waals surface area contributed by atoms with Crippen LogP contribution in [-0.2, 0) is 9.53 Å². The van der Waals surface area contributed by atoms with Gasteiger partial charge in [-0.1, -0.05) is 27.7 Å². The molecule has 0 bridgehead atoms. The first-order valence-corrected chi connectivity index (χ1v) is 4.72. The van der Waals surface area contributed by atoms with Crippen LogP contribution in [0.2, 0.25) is 0 Å². The minimum atomic E-state index is -0.281. The molecule has 2 nitrogen and oxygen atoms in total. The van der Waals surface area contributed by atoms with Gasteiger partial charge in [-0.15, -0.1) is 0 Å². The summed E-state index contributed by atoms with van der Waals surface area (Å²) in [7, 11) is 0. The van der Waals surface area contributed by atoms with Crippen LogP contribution in [0.3, 0.4) is 0 Å². The fourth-order valence-corrected chi connectivity index (χ4v) is 1.65. The first-order valence-electron chi connectivity index (χ1n) is 4.72. The second kappa shape index (κ2) is 5.18. The lowest BCUT2D eigenvalue weighted by Crippen LogP contribution is -2.37. The number of ether oxygens (including phenoxy) is 1. The topological polar surface area (TPSA) is 26.3 Å². The summed E-state index contributed by atoms with van der Waals surface area (Å²) in [6.07, 6.45) is 2.77. The summed E-state index contributed by atoms with van der Waals surface area (Å²) in [5.74, 6) is 0.411. The summed E-state index contributed by atoms with van der Waals surface area (Å²) in [6, 6.07) is 0. The van der Waals surface area contributed by atoms with Crippen molar-refractivity contribution < 1.29 is 9.53 Å². The summed E-state index contributed by atoms with van der Waals surface area (Å²) in [6.45, 7) is 9.90. The molecule has 0 rings (SSSR count). The molecule has 0 aliphatic carbocycles. The van der Waals surface area contributed by atoms with Gasteiger partial charge in [-0.3, -0.25) is 0 Å². The number of hydrogen-bond acceptors (Lipinski definition) is 2. The second-order valence-corrected chi connectivity index (χ2v) is 3.27. The zero-order valence-electron chi connectivity index (χ0n) is 8.52. The Bertz CT molecular complexity index is 128. The highest BCUT2D eigenvalue weighted by Crippen LogP contribution is 2.30. The molecule has 0 aliphatic heterocycles. The van der Waals surface area contributed by atoms with E-state index in [1.807, 2.05) is 13.8 Å². The van der Waals surface area contributed by atoms with E-state index in [0.717, 1.165) is 19.3 Å². The Morgan fingerprint density at radius 3 is 2.08 bits per heavy atom. The van der Waals surface area contributed by atoms with E-state index in [0.29, 0.717) is 5.92 Å². The summed E-state index contributed by atoms with van der Waals surface area (Å²) in [5, 5.41) is 0. The van der Waals surface area contributed by atoms with Gasteiger partial charge in [0.1, 0.15) is 5.60 Å². The summed E-state index contributed by atoms with van der Waals surface area (Å²) < 4.78 is 5.08. The highest BCUT2D eigenvalue weighted by atomic mass is 16.5. The van der Waals surface area contributed by atoms with Gasteiger partial charge >= 0.3 is 6.47 Å². The van der Waals surface area contributed by atoms with Crippen LogP contribution in [0.1, 0.15) is 47.0 Å². The molecule has 0 heterocycles. The summed E-state index contributed by atoms with van der Waals surface area (Å²) in [4.78, 5) is 10.2. The second-order valence-electron chi connectivity index (χ2n) is 3.27. The normalized spacial score (nSPS) is 14.0. The Balaban J connectivity index is 4.43. The van der Waals surface area contributed by atoms with Gasteiger partial charge in [-0.2, -0.15) is 0 Å². The van der Waals surface area contributed by atoms with E-state index in [4.69, 9.17) is 4.74 Å². The van der Waals surface area contributed by atoms with E-state index in [2.05, 4.69) is 13.8 Å². The summed E-state index contributed by atoms with van der Waals surface area (Å²) in [5.41, 5.74) is -0.281. The van der Waals surface area contributed by atoms with Crippen LogP contribution in [0, 0.1) is 5.92 Å². The molecule has 1 unspecified atom stereocenters. The Labute approximate surface area is 75.3 Å². The van der Waals surface area contributed by atoms with Crippen LogP contribution < -0.4 is 0 Å². The first-order chi connectivity index (χ1) is 5.66. The predicted octanol–water partition coefficient (Wildman–Crippen LogP) is 2.68. The van der Waals surface area contributed by atoms with Crippen LogP contribution in [0.4, 0.5) is 0 Å². The van der Waals surface area contributed by atoms with Gasteiger partial charge in [0.15, 0.2) is 0 Å². The standard InChI is InChI=1S/C10H19O2/c1-5-9(4)10(6-2,7-3)12-8-11/h9H,5-7H2,1-4H3. The molecule has 0 aromatic carbocycles. The van der Waals surface area contributed by atoms with Crippen molar-refractivity contribution in [2.24, 2.45) is 5.92 Å². The fourth-order valence-electron chi connectivity index (χ4n) is 1.65. The lowest BCUT2D eigenvalue weighted by atomic mass is 9.82. The van der Waals surface area contributed by atoms with E-state index in [-0.39, 0.29) is 5.60 Å². The van der Waals surface area contributed by atoms with Gasteiger partial charge in [-0.05, 0) is 25.2 Å².